The van der Waals surface area contributed by atoms with Gasteiger partial charge in [0.2, 0.25) is 11.8 Å². The molecule has 0 bridgehead atoms. The SMILES string of the molecule is COc1ccc(CCNC(=O)CNc2cccc(C(N)=O)c2)cc1OC.O.O.O. The zero-order valence-electron chi connectivity index (χ0n) is 16.4. The highest BCUT2D eigenvalue weighted by molar-refractivity contribution is 5.93. The second-order valence-electron chi connectivity index (χ2n) is 5.59. The van der Waals surface area contributed by atoms with Crippen molar-refractivity contribution in [3.63, 3.8) is 0 Å². The van der Waals surface area contributed by atoms with E-state index in [0.29, 0.717) is 35.7 Å². The van der Waals surface area contributed by atoms with Gasteiger partial charge in [0, 0.05) is 17.8 Å². The average molecular weight is 411 g/mol. The van der Waals surface area contributed by atoms with Gasteiger partial charge in [-0.1, -0.05) is 12.1 Å². The number of rotatable bonds is 9. The molecule has 0 aliphatic heterocycles. The maximum Gasteiger partial charge on any atom is 0.248 e. The number of nitrogens with two attached hydrogens (primary N) is 1. The minimum atomic E-state index is -0.506. The smallest absolute Gasteiger partial charge is 0.248 e. The number of primary amides is 1. The standard InChI is InChI=1S/C19H23N3O4.3H2O/c1-25-16-7-6-13(10-17(16)26-2)8-9-21-18(23)12-22-15-5-3-4-14(11-15)19(20)24;;;/h3-7,10-11,22H,8-9,12H2,1-2H3,(H2,20,24)(H,21,23);3*1H2. The monoisotopic (exact) mass is 411 g/mol. The zero-order chi connectivity index (χ0) is 18.9. The lowest BCUT2D eigenvalue weighted by molar-refractivity contribution is -0.119. The highest BCUT2D eigenvalue weighted by Gasteiger charge is 2.06. The third-order valence-corrected chi connectivity index (χ3v) is 3.78. The van der Waals surface area contributed by atoms with Crippen LogP contribution in [0.5, 0.6) is 11.5 Å². The Hall–Kier alpha value is -3.34. The van der Waals surface area contributed by atoms with Gasteiger partial charge in [0.25, 0.3) is 0 Å². The van der Waals surface area contributed by atoms with Gasteiger partial charge in [-0.05, 0) is 42.3 Å². The predicted molar refractivity (Wildman–Crippen MR) is 111 cm³/mol. The Morgan fingerprint density at radius 1 is 0.966 bits per heavy atom. The fraction of sp³-hybridized carbons (Fsp3) is 0.263. The van der Waals surface area contributed by atoms with Gasteiger partial charge in [-0.25, -0.2) is 0 Å². The van der Waals surface area contributed by atoms with Crippen LogP contribution >= 0.6 is 0 Å². The van der Waals surface area contributed by atoms with Crippen LogP contribution in [0.15, 0.2) is 42.5 Å². The molecule has 0 saturated carbocycles. The molecular formula is C19H29N3O7. The zero-order valence-corrected chi connectivity index (χ0v) is 16.4. The van der Waals surface area contributed by atoms with Crippen molar-refractivity contribution >= 4 is 17.5 Å². The maximum absolute atomic E-state index is 11.9. The first kappa shape index (κ1) is 27.9. The highest BCUT2D eigenvalue weighted by Crippen LogP contribution is 2.27. The molecule has 0 aromatic heterocycles. The van der Waals surface area contributed by atoms with Gasteiger partial charge in [-0.3, -0.25) is 9.59 Å². The molecule has 162 valence electrons. The van der Waals surface area contributed by atoms with Crippen molar-refractivity contribution in [1.29, 1.82) is 0 Å². The summed E-state index contributed by atoms with van der Waals surface area (Å²) >= 11 is 0. The van der Waals surface area contributed by atoms with Gasteiger partial charge in [0.15, 0.2) is 11.5 Å². The van der Waals surface area contributed by atoms with E-state index in [9.17, 15) is 9.59 Å². The topological polar surface area (TPSA) is 197 Å². The van der Waals surface area contributed by atoms with Crippen molar-refractivity contribution in [1.82, 2.24) is 5.32 Å². The number of hydrogen-bond acceptors (Lipinski definition) is 5. The van der Waals surface area contributed by atoms with Crippen LogP contribution in [0, 0.1) is 0 Å². The van der Waals surface area contributed by atoms with E-state index in [1.165, 1.54) is 0 Å². The van der Waals surface area contributed by atoms with Crippen LogP contribution in [0.25, 0.3) is 0 Å². The van der Waals surface area contributed by atoms with Crippen LogP contribution in [-0.4, -0.2) is 55.6 Å². The number of methoxy groups -OCH3 is 2. The number of amides is 2. The van der Waals surface area contributed by atoms with E-state index < -0.39 is 5.91 Å². The van der Waals surface area contributed by atoms with Crippen molar-refractivity contribution in [3.8, 4) is 11.5 Å². The fourth-order valence-electron chi connectivity index (χ4n) is 2.41. The molecule has 10 nitrogen and oxygen atoms in total. The second-order valence-corrected chi connectivity index (χ2v) is 5.59. The van der Waals surface area contributed by atoms with Gasteiger partial charge in [-0.15, -0.1) is 0 Å². The summed E-state index contributed by atoms with van der Waals surface area (Å²) in [5.74, 6) is 0.679. The Bertz CT molecular complexity index is 784. The van der Waals surface area contributed by atoms with Gasteiger partial charge in [-0.2, -0.15) is 0 Å². The van der Waals surface area contributed by atoms with Crippen LogP contribution in [0.4, 0.5) is 5.69 Å². The van der Waals surface area contributed by atoms with E-state index >= 15 is 0 Å². The number of carbonyl (C=O) groups is 2. The number of carbonyl (C=O) groups excluding carboxylic acids is 2. The van der Waals surface area contributed by atoms with E-state index in [0.717, 1.165) is 5.56 Å². The lowest BCUT2D eigenvalue weighted by Gasteiger charge is -2.11. The molecule has 0 saturated heterocycles. The molecule has 29 heavy (non-hydrogen) atoms. The van der Waals surface area contributed by atoms with Crippen LogP contribution < -0.4 is 25.8 Å². The van der Waals surface area contributed by atoms with E-state index in [2.05, 4.69) is 10.6 Å². The molecular weight excluding hydrogens is 382 g/mol. The second kappa shape index (κ2) is 13.8. The molecule has 0 fully saturated rings. The summed E-state index contributed by atoms with van der Waals surface area (Å²) in [4.78, 5) is 23.1. The minimum absolute atomic E-state index is 0. The van der Waals surface area contributed by atoms with Gasteiger partial charge in [0.05, 0.1) is 20.8 Å². The summed E-state index contributed by atoms with van der Waals surface area (Å²) in [7, 11) is 3.17. The maximum atomic E-state index is 11.9. The lowest BCUT2D eigenvalue weighted by Crippen LogP contribution is -2.31. The Morgan fingerprint density at radius 2 is 1.66 bits per heavy atom. The molecule has 2 rings (SSSR count). The van der Waals surface area contributed by atoms with Gasteiger partial charge >= 0.3 is 0 Å². The van der Waals surface area contributed by atoms with Crippen LogP contribution in [-0.2, 0) is 11.2 Å². The number of hydrogen-bond donors (Lipinski definition) is 3. The van der Waals surface area contributed by atoms with Crippen LogP contribution in [0.2, 0.25) is 0 Å². The molecule has 0 aliphatic carbocycles. The summed E-state index contributed by atoms with van der Waals surface area (Å²) in [5, 5.41) is 5.81. The third-order valence-electron chi connectivity index (χ3n) is 3.78. The van der Waals surface area contributed by atoms with Crippen molar-refractivity contribution < 1.29 is 35.5 Å². The van der Waals surface area contributed by atoms with E-state index in [-0.39, 0.29) is 28.9 Å². The Kier molecular flexibility index (Phi) is 13.2. The van der Waals surface area contributed by atoms with Crippen LogP contribution in [0.1, 0.15) is 15.9 Å². The Balaban J connectivity index is 0. The number of anilines is 1. The molecule has 10 heteroatoms. The van der Waals surface area contributed by atoms with Crippen molar-refractivity contribution in [2.75, 3.05) is 32.6 Å². The highest BCUT2D eigenvalue weighted by atomic mass is 16.5. The molecule has 2 amide bonds. The largest absolute Gasteiger partial charge is 0.493 e. The average Bonchev–Trinajstić information content (AvgIpc) is 2.66. The molecule has 2 aromatic carbocycles. The summed E-state index contributed by atoms with van der Waals surface area (Å²) in [6.07, 6.45) is 0.670. The van der Waals surface area contributed by atoms with Gasteiger partial charge < -0.3 is 42.3 Å². The number of nitrogens with one attached hydrogen (secondary N) is 2. The fourth-order valence-corrected chi connectivity index (χ4v) is 2.41. The van der Waals surface area contributed by atoms with Crippen LogP contribution in [0.3, 0.4) is 0 Å². The predicted octanol–water partition coefficient (Wildman–Crippen LogP) is -0.901. The Morgan fingerprint density at radius 3 is 2.28 bits per heavy atom. The first-order valence-corrected chi connectivity index (χ1v) is 8.15. The van der Waals surface area contributed by atoms with E-state index in [4.69, 9.17) is 15.2 Å². The molecule has 0 aliphatic rings. The lowest BCUT2D eigenvalue weighted by atomic mass is 10.1. The quantitative estimate of drug-likeness (QED) is 0.479. The molecule has 10 N–H and O–H groups in total. The first-order valence-electron chi connectivity index (χ1n) is 8.15. The van der Waals surface area contributed by atoms with E-state index in [1.54, 1.807) is 38.5 Å². The van der Waals surface area contributed by atoms with Crippen molar-refractivity contribution in [3.05, 3.63) is 53.6 Å². The molecule has 0 unspecified atom stereocenters. The van der Waals surface area contributed by atoms with Crippen molar-refractivity contribution in [2.24, 2.45) is 5.73 Å². The summed E-state index contributed by atoms with van der Waals surface area (Å²) < 4.78 is 10.5. The van der Waals surface area contributed by atoms with E-state index in [1.807, 2.05) is 18.2 Å². The molecule has 0 spiro atoms. The molecule has 0 heterocycles. The normalized spacial score (nSPS) is 9.03. The van der Waals surface area contributed by atoms with Gasteiger partial charge in [0.1, 0.15) is 0 Å². The summed E-state index contributed by atoms with van der Waals surface area (Å²) in [5.41, 5.74) is 7.32. The molecule has 0 radical (unpaired) electrons. The first-order chi connectivity index (χ1) is 12.5. The number of benzene rings is 2. The molecule has 0 atom stereocenters. The summed E-state index contributed by atoms with van der Waals surface area (Å²) in [6, 6.07) is 12.4. The number of ether oxygens (including phenoxy) is 2. The third kappa shape index (κ3) is 8.47. The summed E-state index contributed by atoms with van der Waals surface area (Å²) in [6.45, 7) is 0.603. The minimum Gasteiger partial charge on any atom is -0.493 e. The Labute approximate surface area is 168 Å². The molecule has 2 aromatic rings. The van der Waals surface area contributed by atoms with Crippen molar-refractivity contribution in [2.45, 2.75) is 6.42 Å².